The Kier molecular flexibility index (Phi) is 3.80. The van der Waals surface area contributed by atoms with E-state index in [1.165, 1.54) is 12.1 Å². The van der Waals surface area contributed by atoms with Crippen LogP contribution in [0, 0.1) is 5.82 Å². The van der Waals surface area contributed by atoms with Crippen LogP contribution in [0.3, 0.4) is 0 Å². The molecule has 0 saturated heterocycles. The number of primary amides is 1. The Labute approximate surface area is 111 Å². The van der Waals surface area contributed by atoms with Crippen LogP contribution in [0.5, 0.6) is 0 Å². The molecule has 0 aromatic heterocycles. The fourth-order valence-corrected chi connectivity index (χ4v) is 2.01. The summed E-state index contributed by atoms with van der Waals surface area (Å²) in [5, 5.41) is 0. The number of hydrogen-bond acceptors (Lipinski definition) is 2. The molecule has 0 aliphatic carbocycles. The zero-order chi connectivity index (χ0) is 13.8. The topological polar surface area (TPSA) is 69.1 Å². The van der Waals surface area contributed by atoms with E-state index in [1.54, 1.807) is 30.3 Å². The summed E-state index contributed by atoms with van der Waals surface area (Å²) in [5.74, 6) is -1.19. The summed E-state index contributed by atoms with van der Waals surface area (Å²) in [5.41, 5.74) is 13.4. The molecular weight excluding hydrogens is 243 g/mol. The molecule has 0 aliphatic heterocycles. The number of amides is 1. The van der Waals surface area contributed by atoms with Crippen molar-refractivity contribution in [2.24, 2.45) is 5.73 Å². The van der Waals surface area contributed by atoms with Gasteiger partial charge in [0, 0.05) is 5.69 Å². The molecule has 1 atom stereocenters. The Morgan fingerprint density at radius 1 is 1.16 bits per heavy atom. The molecule has 0 fully saturated rings. The summed E-state index contributed by atoms with van der Waals surface area (Å²) in [6, 6.07) is 13.1. The van der Waals surface area contributed by atoms with Crippen molar-refractivity contribution >= 4 is 11.6 Å². The molecule has 0 aliphatic rings. The highest BCUT2D eigenvalue weighted by Crippen LogP contribution is 2.22. The lowest BCUT2D eigenvalue weighted by Gasteiger charge is -2.14. The minimum Gasteiger partial charge on any atom is -0.399 e. The maximum atomic E-state index is 12.9. The van der Waals surface area contributed by atoms with E-state index >= 15 is 0 Å². The molecule has 1 amide bonds. The van der Waals surface area contributed by atoms with Gasteiger partial charge in [-0.2, -0.15) is 0 Å². The Morgan fingerprint density at radius 3 is 2.42 bits per heavy atom. The molecule has 3 nitrogen and oxygen atoms in total. The van der Waals surface area contributed by atoms with Gasteiger partial charge in [-0.3, -0.25) is 4.79 Å². The molecule has 2 aromatic rings. The third-order valence-corrected chi connectivity index (χ3v) is 3.01. The Hall–Kier alpha value is -2.36. The smallest absolute Gasteiger partial charge is 0.225 e. The van der Waals surface area contributed by atoms with Crippen molar-refractivity contribution < 1.29 is 9.18 Å². The van der Waals surface area contributed by atoms with Crippen LogP contribution in [0.25, 0.3) is 0 Å². The SMILES string of the molecule is NC(=O)C(Cc1ccc(F)cc1)c1cccc(N)c1. The zero-order valence-electron chi connectivity index (χ0n) is 10.3. The molecule has 98 valence electrons. The van der Waals surface area contributed by atoms with Gasteiger partial charge in [0.15, 0.2) is 0 Å². The van der Waals surface area contributed by atoms with E-state index in [-0.39, 0.29) is 5.82 Å². The minimum absolute atomic E-state index is 0.302. The molecule has 0 saturated carbocycles. The quantitative estimate of drug-likeness (QED) is 0.825. The van der Waals surface area contributed by atoms with E-state index in [9.17, 15) is 9.18 Å². The predicted octanol–water partition coefficient (Wildman–Crippen LogP) is 2.22. The lowest BCUT2D eigenvalue weighted by Crippen LogP contribution is -2.23. The first-order valence-electron chi connectivity index (χ1n) is 5.95. The molecule has 0 spiro atoms. The van der Waals surface area contributed by atoms with Crippen LogP contribution in [0.2, 0.25) is 0 Å². The number of benzene rings is 2. The van der Waals surface area contributed by atoms with Crippen molar-refractivity contribution in [2.75, 3.05) is 5.73 Å². The van der Waals surface area contributed by atoms with Crippen molar-refractivity contribution in [3.63, 3.8) is 0 Å². The number of anilines is 1. The van der Waals surface area contributed by atoms with Gasteiger partial charge in [0.1, 0.15) is 5.82 Å². The average Bonchev–Trinajstić information content (AvgIpc) is 2.37. The fourth-order valence-electron chi connectivity index (χ4n) is 2.01. The van der Waals surface area contributed by atoms with Gasteiger partial charge in [-0.25, -0.2) is 4.39 Å². The summed E-state index contributed by atoms with van der Waals surface area (Å²) >= 11 is 0. The van der Waals surface area contributed by atoms with Gasteiger partial charge in [0.05, 0.1) is 5.92 Å². The van der Waals surface area contributed by atoms with Crippen LogP contribution >= 0.6 is 0 Å². The van der Waals surface area contributed by atoms with Crippen molar-refractivity contribution in [3.8, 4) is 0 Å². The number of hydrogen-bond donors (Lipinski definition) is 2. The van der Waals surface area contributed by atoms with Crippen LogP contribution < -0.4 is 11.5 Å². The molecule has 19 heavy (non-hydrogen) atoms. The zero-order valence-corrected chi connectivity index (χ0v) is 10.3. The van der Waals surface area contributed by atoms with E-state index in [0.29, 0.717) is 12.1 Å². The van der Waals surface area contributed by atoms with Crippen molar-refractivity contribution in [1.29, 1.82) is 0 Å². The summed E-state index contributed by atoms with van der Waals surface area (Å²) in [7, 11) is 0. The van der Waals surface area contributed by atoms with Gasteiger partial charge < -0.3 is 11.5 Å². The number of nitrogen functional groups attached to an aromatic ring is 1. The second kappa shape index (κ2) is 5.52. The molecule has 4 N–H and O–H groups in total. The van der Waals surface area contributed by atoms with E-state index < -0.39 is 11.8 Å². The molecule has 0 radical (unpaired) electrons. The summed E-state index contributed by atoms with van der Waals surface area (Å²) in [6.45, 7) is 0. The highest BCUT2D eigenvalue weighted by molar-refractivity contribution is 5.82. The number of nitrogens with two attached hydrogens (primary N) is 2. The molecule has 0 bridgehead atoms. The fraction of sp³-hybridized carbons (Fsp3) is 0.133. The third-order valence-electron chi connectivity index (χ3n) is 3.01. The third kappa shape index (κ3) is 3.31. The van der Waals surface area contributed by atoms with Gasteiger partial charge in [-0.1, -0.05) is 24.3 Å². The summed E-state index contributed by atoms with van der Waals surface area (Å²) in [6.07, 6.45) is 0.430. The summed E-state index contributed by atoms with van der Waals surface area (Å²) in [4.78, 5) is 11.6. The second-order valence-corrected chi connectivity index (χ2v) is 4.46. The van der Waals surface area contributed by atoms with Gasteiger partial charge in [0.2, 0.25) is 5.91 Å². The van der Waals surface area contributed by atoms with Crippen LogP contribution in [0.15, 0.2) is 48.5 Å². The van der Waals surface area contributed by atoms with E-state index in [1.807, 2.05) is 6.07 Å². The average molecular weight is 258 g/mol. The van der Waals surface area contributed by atoms with Gasteiger partial charge in [0.25, 0.3) is 0 Å². The molecule has 2 aromatic carbocycles. The molecule has 1 unspecified atom stereocenters. The molecule has 4 heteroatoms. The van der Waals surface area contributed by atoms with Crippen molar-refractivity contribution in [2.45, 2.75) is 12.3 Å². The van der Waals surface area contributed by atoms with Crippen molar-refractivity contribution in [1.82, 2.24) is 0 Å². The second-order valence-electron chi connectivity index (χ2n) is 4.46. The summed E-state index contributed by atoms with van der Waals surface area (Å²) < 4.78 is 12.9. The Bertz CT molecular complexity index is 581. The van der Waals surface area contributed by atoms with Crippen LogP contribution in [-0.2, 0) is 11.2 Å². The number of carbonyl (C=O) groups is 1. The lowest BCUT2D eigenvalue weighted by atomic mass is 9.91. The first kappa shape index (κ1) is 13.1. The van der Waals surface area contributed by atoms with Gasteiger partial charge in [-0.05, 0) is 41.8 Å². The van der Waals surface area contributed by atoms with Crippen LogP contribution in [0.1, 0.15) is 17.0 Å². The van der Waals surface area contributed by atoms with Gasteiger partial charge >= 0.3 is 0 Å². The first-order chi connectivity index (χ1) is 9.06. The standard InChI is InChI=1S/C15H15FN2O/c16-12-6-4-10(5-7-12)8-14(15(18)19)11-2-1-3-13(17)9-11/h1-7,9,14H,8,17H2,(H2,18,19). The number of rotatable bonds is 4. The molecule has 0 heterocycles. The van der Waals surface area contributed by atoms with Gasteiger partial charge in [-0.15, -0.1) is 0 Å². The van der Waals surface area contributed by atoms with E-state index in [0.717, 1.165) is 11.1 Å². The van der Waals surface area contributed by atoms with E-state index in [2.05, 4.69) is 0 Å². The number of halogens is 1. The maximum absolute atomic E-state index is 12.9. The minimum atomic E-state index is -0.464. The Balaban J connectivity index is 2.26. The largest absolute Gasteiger partial charge is 0.399 e. The lowest BCUT2D eigenvalue weighted by molar-refractivity contribution is -0.119. The van der Waals surface area contributed by atoms with Crippen LogP contribution in [0.4, 0.5) is 10.1 Å². The first-order valence-corrected chi connectivity index (χ1v) is 5.95. The van der Waals surface area contributed by atoms with Crippen LogP contribution in [-0.4, -0.2) is 5.91 Å². The monoisotopic (exact) mass is 258 g/mol. The van der Waals surface area contributed by atoms with E-state index in [4.69, 9.17) is 11.5 Å². The predicted molar refractivity (Wildman–Crippen MR) is 72.9 cm³/mol. The number of carbonyl (C=O) groups excluding carboxylic acids is 1. The Morgan fingerprint density at radius 2 is 1.84 bits per heavy atom. The highest BCUT2D eigenvalue weighted by atomic mass is 19.1. The highest BCUT2D eigenvalue weighted by Gasteiger charge is 2.18. The normalized spacial score (nSPS) is 12.1. The molecular formula is C15H15FN2O. The maximum Gasteiger partial charge on any atom is 0.225 e. The van der Waals surface area contributed by atoms with Crippen molar-refractivity contribution in [3.05, 3.63) is 65.5 Å². The molecule has 2 rings (SSSR count).